The second-order valence-electron chi connectivity index (χ2n) is 8.10. The Labute approximate surface area is 171 Å². The number of aromatic nitrogens is 2. The van der Waals surface area contributed by atoms with Crippen molar-refractivity contribution in [3.8, 4) is 0 Å². The lowest BCUT2D eigenvalue weighted by Crippen LogP contribution is -2.45. The molecule has 0 spiro atoms. The lowest BCUT2D eigenvalue weighted by Gasteiger charge is -2.37. The number of amides is 2. The summed E-state index contributed by atoms with van der Waals surface area (Å²) >= 11 is 0. The SMILES string of the molecule is Cc1nc(C2CCCCN2C(=O)C2CNNC2C)ncc1C(=O)N1CCOCC1. The summed E-state index contributed by atoms with van der Waals surface area (Å²) in [4.78, 5) is 38.9. The van der Waals surface area contributed by atoms with E-state index in [2.05, 4.69) is 20.8 Å². The van der Waals surface area contributed by atoms with Gasteiger partial charge in [-0.15, -0.1) is 0 Å². The number of carbonyl (C=O) groups excluding carboxylic acids is 2. The third kappa shape index (κ3) is 4.12. The number of nitrogens with zero attached hydrogens (tertiary/aromatic N) is 4. The van der Waals surface area contributed by atoms with E-state index in [0.29, 0.717) is 49.9 Å². The van der Waals surface area contributed by atoms with Crippen LogP contribution in [0.4, 0.5) is 0 Å². The maximum absolute atomic E-state index is 13.2. The van der Waals surface area contributed by atoms with Crippen molar-refractivity contribution in [3.05, 3.63) is 23.3 Å². The molecule has 4 heterocycles. The lowest BCUT2D eigenvalue weighted by molar-refractivity contribution is -0.139. The van der Waals surface area contributed by atoms with Gasteiger partial charge >= 0.3 is 0 Å². The van der Waals surface area contributed by atoms with Gasteiger partial charge in [0, 0.05) is 38.4 Å². The minimum Gasteiger partial charge on any atom is -0.378 e. The van der Waals surface area contributed by atoms with Gasteiger partial charge < -0.3 is 14.5 Å². The van der Waals surface area contributed by atoms with Crippen molar-refractivity contribution in [1.82, 2.24) is 30.6 Å². The molecule has 0 radical (unpaired) electrons. The summed E-state index contributed by atoms with van der Waals surface area (Å²) in [6.07, 6.45) is 4.52. The van der Waals surface area contributed by atoms with Crippen LogP contribution < -0.4 is 10.9 Å². The molecule has 0 aliphatic carbocycles. The second kappa shape index (κ2) is 8.73. The van der Waals surface area contributed by atoms with Crippen molar-refractivity contribution in [2.24, 2.45) is 5.92 Å². The van der Waals surface area contributed by atoms with E-state index in [1.165, 1.54) is 0 Å². The molecule has 4 rings (SSSR count). The van der Waals surface area contributed by atoms with Crippen LogP contribution >= 0.6 is 0 Å². The van der Waals surface area contributed by atoms with Crippen LogP contribution in [0.15, 0.2) is 6.20 Å². The molecule has 1 aromatic rings. The minimum absolute atomic E-state index is 0.0501. The zero-order chi connectivity index (χ0) is 20.4. The van der Waals surface area contributed by atoms with E-state index in [1.807, 2.05) is 18.7 Å². The summed E-state index contributed by atoms with van der Waals surface area (Å²) in [5.74, 6) is 0.653. The number of hydrogen-bond donors (Lipinski definition) is 2. The highest BCUT2D eigenvalue weighted by Crippen LogP contribution is 2.31. The number of likely N-dealkylation sites (tertiary alicyclic amines) is 1. The van der Waals surface area contributed by atoms with Gasteiger partial charge in [-0.2, -0.15) is 0 Å². The van der Waals surface area contributed by atoms with Crippen LogP contribution in [0.1, 0.15) is 54.1 Å². The number of nitrogens with one attached hydrogen (secondary N) is 2. The van der Waals surface area contributed by atoms with E-state index in [4.69, 9.17) is 4.74 Å². The number of piperidine rings is 1. The number of carbonyl (C=O) groups is 2. The molecule has 3 saturated heterocycles. The first kappa shape index (κ1) is 20.2. The summed E-state index contributed by atoms with van der Waals surface area (Å²) in [6.45, 7) is 7.53. The zero-order valence-corrected chi connectivity index (χ0v) is 17.2. The standard InChI is InChI=1S/C20H30N6O3/c1-13-15(19(27)25-7-9-29-10-8-25)11-21-18(23-13)17-5-3-4-6-26(17)20(28)16-12-22-24-14(16)2/h11,14,16-17,22,24H,3-10,12H2,1-2H3. The monoisotopic (exact) mass is 402 g/mol. The number of morpholine rings is 1. The second-order valence-corrected chi connectivity index (χ2v) is 8.10. The van der Waals surface area contributed by atoms with Crippen molar-refractivity contribution < 1.29 is 14.3 Å². The van der Waals surface area contributed by atoms with E-state index in [9.17, 15) is 9.59 Å². The number of aryl methyl sites for hydroxylation is 1. The third-order valence-corrected chi connectivity index (χ3v) is 6.18. The Bertz CT molecular complexity index is 767. The lowest BCUT2D eigenvalue weighted by atomic mass is 9.96. The molecule has 1 aromatic heterocycles. The van der Waals surface area contributed by atoms with Gasteiger partial charge in [0.05, 0.1) is 36.4 Å². The summed E-state index contributed by atoms with van der Waals surface area (Å²) in [6, 6.07) is -0.0310. The van der Waals surface area contributed by atoms with Gasteiger partial charge in [-0.1, -0.05) is 0 Å². The molecule has 3 unspecified atom stereocenters. The Morgan fingerprint density at radius 2 is 2.00 bits per heavy atom. The van der Waals surface area contributed by atoms with E-state index >= 15 is 0 Å². The van der Waals surface area contributed by atoms with Crippen molar-refractivity contribution >= 4 is 11.8 Å². The molecule has 3 aliphatic rings. The first-order valence-corrected chi connectivity index (χ1v) is 10.6. The molecule has 0 aromatic carbocycles. The number of hydrogen-bond acceptors (Lipinski definition) is 7. The van der Waals surface area contributed by atoms with Gasteiger partial charge in [-0.3, -0.25) is 20.4 Å². The molecule has 3 aliphatic heterocycles. The molecule has 2 N–H and O–H groups in total. The van der Waals surface area contributed by atoms with Crippen LogP contribution in [-0.4, -0.2) is 77.0 Å². The number of rotatable bonds is 3. The fourth-order valence-corrected chi connectivity index (χ4v) is 4.38. The molecule has 9 nitrogen and oxygen atoms in total. The van der Waals surface area contributed by atoms with Crippen LogP contribution in [0, 0.1) is 12.8 Å². The normalized spacial score (nSPS) is 27.9. The molecule has 9 heteroatoms. The van der Waals surface area contributed by atoms with Crippen molar-refractivity contribution in [2.45, 2.75) is 45.2 Å². The Hall–Kier alpha value is -2.10. The van der Waals surface area contributed by atoms with Crippen LogP contribution in [0.5, 0.6) is 0 Å². The van der Waals surface area contributed by atoms with Crippen LogP contribution in [-0.2, 0) is 9.53 Å². The Kier molecular flexibility index (Phi) is 6.07. The van der Waals surface area contributed by atoms with Crippen molar-refractivity contribution in [1.29, 1.82) is 0 Å². The summed E-state index contributed by atoms with van der Waals surface area (Å²) < 4.78 is 5.33. The number of hydrazine groups is 1. The van der Waals surface area contributed by atoms with E-state index in [1.54, 1.807) is 11.1 Å². The Balaban J connectivity index is 1.53. The van der Waals surface area contributed by atoms with Crippen LogP contribution in [0.2, 0.25) is 0 Å². The molecule has 158 valence electrons. The Morgan fingerprint density at radius 1 is 1.21 bits per heavy atom. The van der Waals surface area contributed by atoms with Gasteiger partial charge in [0.15, 0.2) is 5.82 Å². The average Bonchev–Trinajstić information content (AvgIpc) is 3.19. The highest BCUT2D eigenvalue weighted by atomic mass is 16.5. The summed E-state index contributed by atoms with van der Waals surface area (Å²) in [5, 5.41) is 0. The smallest absolute Gasteiger partial charge is 0.257 e. The van der Waals surface area contributed by atoms with Crippen molar-refractivity contribution in [2.75, 3.05) is 39.4 Å². The molecule has 0 bridgehead atoms. The van der Waals surface area contributed by atoms with Gasteiger partial charge in [0.1, 0.15) is 0 Å². The topological polar surface area (TPSA) is 99.7 Å². The molecule has 0 saturated carbocycles. The largest absolute Gasteiger partial charge is 0.378 e. The van der Waals surface area contributed by atoms with E-state index in [0.717, 1.165) is 25.8 Å². The zero-order valence-electron chi connectivity index (χ0n) is 17.2. The first-order chi connectivity index (χ1) is 14.1. The Morgan fingerprint density at radius 3 is 2.69 bits per heavy atom. The van der Waals surface area contributed by atoms with Crippen LogP contribution in [0.3, 0.4) is 0 Å². The molecule has 29 heavy (non-hydrogen) atoms. The molecule has 3 fully saturated rings. The van der Waals surface area contributed by atoms with Crippen LogP contribution in [0.25, 0.3) is 0 Å². The van der Waals surface area contributed by atoms with Crippen molar-refractivity contribution in [3.63, 3.8) is 0 Å². The van der Waals surface area contributed by atoms with Gasteiger partial charge in [0.2, 0.25) is 5.91 Å². The number of ether oxygens (including phenoxy) is 1. The fourth-order valence-electron chi connectivity index (χ4n) is 4.38. The fraction of sp³-hybridized carbons (Fsp3) is 0.700. The minimum atomic E-state index is -0.129. The summed E-state index contributed by atoms with van der Waals surface area (Å²) in [5.41, 5.74) is 7.40. The van der Waals surface area contributed by atoms with E-state index in [-0.39, 0.29) is 29.8 Å². The predicted octanol–water partition coefficient (Wildman–Crippen LogP) is 0.424. The third-order valence-electron chi connectivity index (χ3n) is 6.18. The molecule has 2 amide bonds. The summed E-state index contributed by atoms with van der Waals surface area (Å²) in [7, 11) is 0. The maximum Gasteiger partial charge on any atom is 0.257 e. The highest BCUT2D eigenvalue weighted by molar-refractivity contribution is 5.95. The predicted molar refractivity (Wildman–Crippen MR) is 106 cm³/mol. The van der Waals surface area contributed by atoms with Gasteiger partial charge in [-0.05, 0) is 33.1 Å². The first-order valence-electron chi connectivity index (χ1n) is 10.6. The molecular formula is C20H30N6O3. The van der Waals surface area contributed by atoms with Gasteiger partial charge in [-0.25, -0.2) is 9.97 Å². The molecule has 3 atom stereocenters. The maximum atomic E-state index is 13.2. The quantitative estimate of drug-likeness (QED) is 0.756. The van der Waals surface area contributed by atoms with E-state index < -0.39 is 0 Å². The van der Waals surface area contributed by atoms with Gasteiger partial charge in [0.25, 0.3) is 5.91 Å². The molecular weight excluding hydrogens is 372 g/mol. The average molecular weight is 402 g/mol. The highest BCUT2D eigenvalue weighted by Gasteiger charge is 2.38.